The molecule has 1 unspecified atom stereocenters. The highest BCUT2D eigenvalue weighted by molar-refractivity contribution is 7.14. The zero-order valence-corrected chi connectivity index (χ0v) is 20.0. The zero-order valence-electron chi connectivity index (χ0n) is 19.2. The quantitative estimate of drug-likeness (QED) is 0.562. The van der Waals surface area contributed by atoms with Crippen molar-refractivity contribution in [3.8, 4) is 5.75 Å². The van der Waals surface area contributed by atoms with Crippen molar-refractivity contribution >= 4 is 23.0 Å². The van der Waals surface area contributed by atoms with Gasteiger partial charge < -0.3 is 24.4 Å². The number of hydrogen-bond donors (Lipinski definition) is 1. The molecule has 1 aromatic carbocycles. The first-order valence-electron chi connectivity index (χ1n) is 11.2. The summed E-state index contributed by atoms with van der Waals surface area (Å²) in [6, 6.07) is 6.48. The summed E-state index contributed by atoms with van der Waals surface area (Å²) in [6.07, 6.45) is 0.731. The van der Waals surface area contributed by atoms with Crippen molar-refractivity contribution < 1.29 is 29.1 Å². The van der Waals surface area contributed by atoms with Gasteiger partial charge in [-0.2, -0.15) is 0 Å². The predicted octanol–water partition coefficient (Wildman–Crippen LogP) is 0.454. The van der Waals surface area contributed by atoms with E-state index in [1.165, 1.54) is 16.2 Å². The molecule has 0 radical (unpaired) electrons. The van der Waals surface area contributed by atoms with Gasteiger partial charge in [-0.1, -0.05) is 12.1 Å². The summed E-state index contributed by atoms with van der Waals surface area (Å²) in [7, 11) is 1.56. The second-order valence-electron chi connectivity index (χ2n) is 8.36. The molecule has 8 nitrogen and oxygen atoms in total. The van der Waals surface area contributed by atoms with Gasteiger partial charge in [0, 0.05) is 18.5 Å². The number of ether oxygens (including phenoxy) is 2. The van der Waals surface area contributed by atoms with Gasteiger partial charge in [0.25, 0.3) is 0 Å². The Balaban J connectivity index is 1.65. The molecule has 1 aromatic heterocycles. The number of aryl methyl sites for hydroxylation is 2. The molecular weight excluding hydrogens is 442 g/mol. The third-order valence-electron chi connectivity index (χ3n) is 6.18. The molecule has 1 atom stereocenters. The van der Waals surface area contributed by atoms with Crippen LogP contribution in [0.3, 0.4) is 0 Å². The van der Waals surface area contributed by atoms with E-state index in [0.29, 0.717) is 28.4 Å². The topological polar surface area (TPSA) is 96.2 Å². The van der Waals surface area contributed by atoms with Crippen LogP contribution in [-0.4, -0.2) is 68.1 Å². The van der Waals surface area contributed by atoms with Crippen LogP contribution in [0.5, 0.6) is 5.75 Å². The molecule has 1 fully saturated rings. The highest BCUT2D eigenvalue weighted by Gasteiger charge is 2.40. The number of rotatable bonds is 8. The molecule has 0 spiro atoms. The van der Waals surface area contributed by atoms with E-state index in [2.05, 4.69) is 4.98 Å². The maximum Gasteiger partial charge on any atom is 0.239 e. The fourth-order valence-electron chi connectivity index (χ4n) is 4.53. The number of morpholine rings is 1. The molecule has 1 saturated heterocycles. The third-order valence-corrected chi connectivity index (χ3v) is 7.25. The summed E-state index contributed by atoms with van der Waals surface area (Å²) in [5, 5.41) is 13.9. The fraction of sp³-hybridized carbons (Fsp3) is 0.458. The standard InChI is InChI=1S/C24H29N3O5S/c1-15-23(33-16(2)25-15)21(28)19-20(17-6-4-7-18(14-17)31-3)27(24(30)22(19)29)9-5-8-26-10-12-32-13-11-26/h4,6-7,14,20,29H,5,8-13H2,1-3H3. The minimum absolute atomic E-state index is 0.00118. The van der Waals surface area contributed by atoms with Crippen molar-refractivity contribution in [3.05, 3.63) is 56.7 Å². The molecule has 2 aliphatic heterocycles. The van der Waals surface area contributed by atoms with Gasteiger partial charge in [0.1, 0.15) is 18.8 Å². The van der Waals surface area contributed by atoms with Gasteiger partial charge >= 0.3 is 0 Å². The van der Waals surface area contributed by atoms with Crippen molar-refractivity contribution in [3.63, 3.8) is 0 Å². The van der Waals surface area contributed by atoms with Crippen LogP contribution in [0.2, 0.25) is 0 Å². The minimum Gasteiger partial charge on any atom is -0.868 e. The van der Waals surface area contributed by atoms with Crippen molar-refractivity contribution in [1.29, 1.82) is 0 Å². The second-order valence-corrected chi connectivity index (χ2v) is 9.57. The Bertz CT molecular complexity index is 1070. The van der Waals surface area contributed by atoms with Crippen LogP contribution >= 0.6 is 11.3 Å². The summed E-state index contributed by atoms with van der Waals surface area (Å²) in [6.45, 7) is 8.20. The van der Waals surface area contributed by atoms with Crippen molar-refractivity contribution in [2.24, 2.45) is 0 Å². The van der Waals surface area contributed by atoms with E-state index >= 15 is 0 Å². The number of nitrogens with one attached hydrogen (secondary N) is 1. The number of ketones is 1. The predicted molar refractivity (Wildman–Crippen MR) is 121 cm³/mol. The monoisotopic (exact) mass is 471 g/mol. The largest absolute Gasteiger partial charge is 0.868 e. The van der Waals surface area contributed by atoms with E-state index in [-0.39, 0.29) is 5.57 Å². The maximum atomic E-state index is 13.5. The summed E-state index contributed by atoms with van der Waals surface area (Å²) in [5.74, 6) is -1.15. The van der Waals surface area contributed by atoms with E-state index in [9.17, 15) is 14.7 Å². The average molecular weight is 472 g/mol. The van der Waals surface area contributed by atoms with Crippen LogP contribution in [0.25, 0.3) is 0 Å². The van der Waals surface area contributed by atoms with Crippen molar-refractivity contribution in [1.82, 2.24) is 9.88 Å². The van der Waals surface area contributed by atoms with Gasteiger partial charge in [-0.05, 0) is 37.3 Å². The van der Waals surface area contributed by atoms with Gasteiger partial charge in [-0.15, -0.1) is 11.3 Å². The number of carbonyl (C=O) groups is 2. The lowest BCUT2D eigenvalue weighted by atomic mass is 9.95. The molecule has 176 valence electrons. The molecule has 0 aliphatic carbocycles. The number of hydrogen-bond acceptors (Lipinski definition) is 7. The summed E-state index contributed by atoms with van der Waals surface area (Å²) in [4.78, 5) is 34.3. The number of quaternary nitrogens is 1. The lowest BCUT2D eigenvalue weighted by Gasteiger charge is -2.29. The first-order valence-corrected chi connectivity index (χ1v) is 12.0. The zero-order chi connectivity index (χ0) is 23.5. The van der Waals surface area contributed by atoms with E-state index in [4.69, 9.17) is 9.47 Å². The molecule has 1 N–H and O–H groups in total. The van der Waals surface area contributed by atoms with Crippen LogP contribution < -0.4 is 14.7 Å². The highest BCUT2D eigenvalue weighted by Crippen LogP contribution is 2.40. The number of Topliss-reactive ketones (excluding diaryl/α,β-unsaturated/α-hetero) is 1. The number of amides is 1. The van der Waals surface area contributed by atoms with Gasteiger partial charge in [0.05, 0.1) is 48.5 Å². The van der Waals surface area contributed by atoms with E-state index in [1.807, 2.05) is 19.1 Å². The number of nitrogens with zero attached hydrogens (tertiary/aromatic N) is 2. The second kappa shape index (κ2) is 10.0. The lowest BCUT2D eigenvalue weighted by molar-refractivity contribution is -0.908. The number of carbonyl (C=O) groups excluding carboxylic acids is 2. The van der Waals surface area contributed by atoms with E-state index < -0.39 is 23.5 Å². The number of methoxy groups -OCH3 is 1. The highest BCUT2D eigenvalue weighted by atomic mass is 32.1. The Kier molecular flexibility index (Phi) is 7.11. The SMILES string of the molecule is COc1cccc(C2C(C(=O)c3sc(C)nc3C)=C([O-])C(=O)N2CCC[NH+]2CCOCC2)c1. The Hall–Kier alpha value is -2.75. The van der Waals surface area contributed by atoms with Crippen LogP contribution in [-0.2, 0) is 9.53 Å². The van der Waals surface area contributed by atoms with Crippen molar-refractivity contribution in [2.45, 2.75) is 26.3 Å². The molecule has 1 amide bonds. The fourth-order valence-corrected chi connectivity index (χ4v) is 5.41. The molecule has 0 bridgehead atoms. The summed E-state index contributed by atoms with van der Waals surface area (Å²) in [5.41, 5.74) is 1.27. The van der Waals surface area contributed by atoms with Crippen LogP contribution in [0.1, 0.15) is 38.4 Å². The number of aromatic nitrogens is 1. The van der Waals surface area contributed by atoms with Crippen LogP contribution in [0.4, 0.5) is 0 Å². The van der Waals surface area contributed by atoms with Crippen molar-refractivity contribution in [2.75, 3.05) is 46.5 Å². The number of thiazole rings is 1. The van der Waals surface area contributed by atoms with E-state index in [0.717, 1.165) is 44.3 Å². The average Bonchev–Trinajstić information content (AvgIpc) is 3.29. The third kappa shape index (κ3) is 4.80. The molecule has 9 heteroatoms. The van der Waals surface area contributed by atoms with Gasteiger partial charge in [-0.25, -0.2) is 4.98 Å². The van der Waals surface area contributed by atoms with Crippen LogP contribution in [0, 0.1) is 13.8 Å². The smallest absolute Gasteiger partial charge is 0.239 e. The maximum absolute atomic E-state index is 13.5. The Labute approximate surface area is 197 Å². The Morgan fingerprint density at radius 2 is 2.09 bits per heavy atom. The molecule has 3 heterocycles. The molecule has 33 heavy (non-hydrogen) atoms. The van der Waals surface area contributed by atoms with Gasteiger partial charge in [-0.3, -0.25) is 9.59 Å². The molecule has 2 aromatic rings. The molecule has 0 saturated carbocycles. The molecular formula is C24H29N3O5S. The Morgan fingerprint density at radius 3 is 2.76 bits per heavy atom. The lowest BCUT2D eigenvalue weighted by Crippen LogP contribution is -3.14. The van der Waals surface area contributed by atoms with E-state index in [1.54, 1.807) is 31.1 Å². The first kappa shape index (κ1) is 23.4. The normalized spacial score (nSPS) is 19.4. The summed E-state index contributed by atoms with van der Waals surface area (Å²) >= 11 is 1.25. The first-order chi connectivity index (χ1) is 15.9. The van der Waals surface area contributed by atoms with Crippen LogP contribution in [0.15, 0.2) is 35.6 Å². The Morgan fingerprint density at radius 1 is 1.33 bits per heavy atom. The molecule has 2 aliphatic rings. The molecule has 4 rings (SSSR count). The number of benzene rings is 1. The minimum atomic E-state index is -0.742. The van der Waals surface area contributed by atoms with Gasteiger partial charge in [0.15, 0.2) is 0 Å². The van der Waals surface area contributed by atoms with Gasteiger partial charge in [0.2, 0.25) is 11.7 Å². The summed E-state index contributed by atoms with van der Waals surface area (Å²) < 4.78 is 10.8.